The normalized spacial score (nSPS) is 15.8. The lowest BCUT2D eigenvalue weighted by Crippen LogP contribution is -2.43. The molecule has 7 nitrogen and oxygen atoms in total. The maximum Gasteiger partial charge on any atom is 0.226 e. The molecule has 1 aliphatic carbocycles. The first-order valence-corrected chi connectivity index (χ1v) is 14.8. The second-order valence-corrected chi connectivity index (χ2v) is 11.6. The van der Waals surface area contributed by atoms with Gasteiger partial charge in [0.2, 0.25) is 5.91 Å². The zero-order valence-electron chi connectivity index (χ0n) is 24.6. The number of anilines is 3. The zero-order valence-corrected chi connectivity index (χ0v) is 27.1. The van der Waals surface area contributed by atoms with Crippen molar-refractivity contribution in [3.05, 3.63) is 96.7 Å². The first-order chi connectivity index (χ1) is 20.6. The SMILES string of the molecule is Cl.Cl.Cl.NC1(c2ccc(-c3c(-c4ccc(N5CCCCC5=O)cc4)nc4n3-c3cccnc3Nc3ccccc3-4)cc2)CCC1. The number of amides is 1. The third-order valence-corrected chi connectivity index (χ3v) is 9.08. The van der Waals surface area contributed by atoms with Gasteiger partial charge in [0.1, 0.15) is 5.82 Å². The van der Waals surface area contributed by atoms with Crippen molar-refractivity contribution in [3.8, 4) is 39.6 Å². The van der Waals surface area contributed by atoms with Gasteiger partial charge in [0.05, 0.1) is 22.8 Å². The number of hydrogen-bond donors (Lipinski definition) is 2. The molecule has 0 unspecified atom stereocenters. The van der Waals surface area contributed by atoms with Gasteiger partial charge in [0, 0.05) is 47.1 Å². The summed E-state index contributed by atoms with van der Waals surface area (Å²) in [5.74, 6) is 1.82. The van der Waals surface area contributed by atoms with Crippen LogP contribution in [0.1, 0.15) is 44.1 Å². The molecule has 2 fully saturated rings. The molecule has 5 aromatic rings. The standard InChI is InChI=1S/C35H32N6O.3ClH/c36-35(19-6-20-35)25-15-11-24(12-16-25)32-31(23-13-17-26(18-14-23)40-22-4-3-10-30(40)42)39-34-27-7-1-2-8-28(27)38-33-29(41(32)34)9-5-21-37-33;;;/h1-2,5,7-9,11-18,21H,3-4,6,10,19-20,22,36H2,(H,37,38);3*1H. The van der Waals surface area contributed by atoms with E-state index in [0.717, 1.165) is 89.0 Å². The summed E-state index contributed by atoms with van der Waals surface area (Å²) in [5, 5.41) is 3.54. The molecule has 3 aliphatic rings. The fraction of sp³-hybridized carbons (Fsp3) is 0.229. The van der Waals surface area contributed by atoms with Crippen LogP contribution in [0.2, 0.25) is 0 Å². The molecule has 1 saturated heterocycles. The van der Waals surface area contributed by atoms with E-state index in [4.69, 9.17) is 15.7 Å². The predicted molar refractivity (Wildman–Crippen MR) is 189 cm³/mol. The van der Waals surface area contributed by atoms with Gasteiger partial charge in [-0.05, 0) is 74.1 Å². The van der Waals surface area contributed by atoms with Crippen LogP contribution >= 0.6 is 37.2 Å². The molecule has 2 aliphatic heterocycles. The first kappa shape index (κ1) is 32.5. The fourth-order valence-electron chi connectivity index (χ4n) is 6.58. The minimum absolute atomic E-state index is 0. The average molecular weight is 662 g/mol. The third kappa shape index (κ3) is 5.48. The smallest absolute Gasteiger partial charge is 0.226 e. The Morgan fingerprint density at radius 3 is 2.24 bits per heavy atom. The summed E-state index contributed by atoms with van der Waals surface area (Å²) in [5.41, 5.74) is 15.4. The van der Waals surface area contributed by atoms with Crippen molar-refractivity contribution >= 4 is 60.3 Å². The molecule has 0 atom stereocenters. The number of carbonyl (C=O) groups is 1. The summed E-state index contributed by atoms with van der Waals surface area (Å²) in [6.07, 6.45) is 7.64. The Balaban J connectivity index is 0.00000133. The summed E-state index contributed by atoms with van der Waals surface area (Å²) in [7, 11) is 0. The van der Waals surface area contributed by atoms with Gasteiger partial charge in [-0.3, -0.25) is 9.36 Å². The third-order valence-electron chi connectivity index (χ3n) is 9.08. The van der Waals surface area contributed by atoms with Gasteiger partial charge in [-0.15, -0.1) is 37.2 Å². The van der Waals surface area contributed by atoms with Crippen LogP contribution in [0.3, 0.4) is 0 Å². The lowest BCUT2D eigenvalue weighted by molar-refractivity contribution is -0.119. The Bertz CT molecular complexity index is 1830. The van der Waals surface area contributed by atoms with Crippen LogP contribution in [0.4, 0.5) is 17.2 Å². The highest BCUT2D eigenvalue weighted by atomic mass is 35.5. The summed E-state index contributed by atoms with van der Waals surface area (Å²) in [4.78, 5) is 24.6. The van der Waals surface area contributed by atoms with Crippen LogP contribution in [0.15, 0.2) is 91.1 Å². The van der Waals surface area contributed by atoms with E-state index < -0.39 is 0 Å². The molecule has 1 saturated carbocycles. The number of fused-ring (bicyclic) bond motifs is 5. The van der Waals surface area contributed by atoms with Crippen LogP contribution in [0, 0.1) is 0 Å². The quantitative estimate of drug-likeness (QED) is 0.198. The average Bonchev–Trinajstić information content (AvgIpc) is 3.35. The van der Waals surface area contributed by atoms with Crippen molar-refractivity contribution < 1.29 is 4.79 Å². The summed E-state index contributed by atoms with van der Waals surface area (Å²) in [6.45, 7) is 0.769. The minimum atomic E-state index is -0.225. The fourth-order valence-corrected chi connectivity index (χ4v) is 6.58. The topological polar surface area (TPSA) is 89.1 Å². The number of imidazole rings is 1. The minimum Gasteiger partial charge on any atom is -0.338 e. The number of para-hydroxylation sites is 1. The van der Waals surface area contributed by atoms with Crippen LogP contribution in [0.25, 0.3) is 39.6 Å². The number of nitrogens with two attached hydrogens (primary N) is 1. The van der Waals surface area contributed by atoms with Crippen molar-refractivity contribution in [2.24, 2.45) is 5.73 Å². The molecule has 10 heteroatoms. The number of aromatic nitrogens is 3. The van der Waals surface area contributed by atoms with Crippen LogP contribution in [-0.2, 0) is 10.3 Å². The number of piperidine rings is 1. The number of halogens is 3. The van der Waals surface area contributed by atoms with Crippen LogP contribution in [0.5, 0.6) is 0 Å². The van der Waals surface area contributed by atoms with Gasteiger partial charge < -0.3 is 16.0 Å². The Morgan fingerprint density at radius 2 is 1.53 bits per heavy atom. The lowest BCUT2D eigenvalue weighted by Gasteiger charge is -2.38. The maximum atomic E-state index is 12.6. The van der Waals surface area contributed by atoms with E-state index in [1.165, 1.54) is 12.0 Å². The lowest BCUT2D eigenvalue weighted by atomic mass is 9.72. The highest BCUT2D eigenvalue weighted by Crippen LogP contribution is 2.45. The Kier molecular flexibility index (Phi) is 9.28. The Morgan fingerprint density at radius 1 is 0.800 bits per heavy atom. The van der Waals surface area contributed by atoms with Gasteiger partial charge in [-0.25, -0.2) is 9.97 Å². The van der Waals surface area contributed by atoms with Gasteiger partial charge in [-0.2, -0.15) is 0 Å². The Labute approximate surface area is 281 Å². The molecular formula is C35H35Cl3N6O. The molecule has 3 aromatic carbocycles. The number of nitrogens with zero attached hydrogens (tertiary/aromatic N) is 4. The Hall–Kier alpha value is -3.88. The molecule has 3 N–H and O–H groups in total. The van der Waals surface area contributed by atoms with Crippen LogP contribution < -0.4 is 16.0 Å². The zero-order chi connectivity index (χ0) is 28.3. The van der Waals surface area contributed by atoms with Crippen molar-refractivity contribution in [3.63, 3.8) is 0 Å². The molecule has 0 bridgehead atoms. The van der Waals surface area contributed by atoms with Crippen molar-refractivity contribution in [2.45, 2.75) is 44.1 Å². The van der Waals surface area contributed by atoms with E-state index in [1.807, 2.05) is 29.3 Å². The monoisotopic (exact) mass is 660 g/mol. The summed E-state index contributed by atoms with van der Waals surface area (Å²) < 4.78 is 2.23. The number of nitrogens with one attached hydrogen (secondary N) is 1. The van der Waals surface area contributed by atoms with E-state index >= 15 is 0 Å². The number of hydrogen-bond acceptors (Lipinski definition) is 5. The highest BCUT2D eigenvalue weighted by Gasteiger charge is 2.34. The van der Waals surface area contributed by atoms with Gasteiger partial charge in [-0.1, -0.05) is 48.5 Å². The summed E-state index contributed by atoms with van der Waals surface area (Å²) in [6, 6.07) is 29.3. The molecule has 232 valence electrons. The second kappa shape index (κ2) is 12.9. The predicted octanol–water partition coefficient (Wildman–Crippen LogP) is 8.45. The van der Waals surface area contributed by atoms with E-state index in [1.54, 1.807) is 0 Å². The van der Waals surface area contributed by atoms with Crippen molar-refractivity contribution in [1.82, 2.24) is 14.5 Å². The number of benzene rings is 3. The van der Waals surface area contributed by atoms with Crippen LogP contribution in [-0.4, -0.2) is 27.0 Å². The van der Waals surface area contributed by atoms with E-state index in [9.17, 15) is 4.79 Å². The molecule has 8 rings (SSSR count). The summed E-state index contributed by atoms with van der Waals surface area (Å²) >= 11 is 0. The number of pyridine rings is 1. The van der Waals surface area contributed by atoms with E-state index in [-0.39, 0.29) is 48.7 Å². The van der Waals surface area contributed by atoms with Gasteiger partial charge in [0.15, 0.2) is 5.82 Å². The van der Waals surface area contributed by atoms with E-state index in [0.29, 0.717) is 6.42 Å². The second-order valence-electron chi connectivity index (χ2n) is 11.6. The van der Waals surface area contributed by atoms with E-state index in [2.05, 4.69) is 76.6 Å². The largest absolute Gasteiger partial charge is 0.338 e. The molecule has 2 aromatic heterocycles. The van der Waals surface area contributed by atoms with Crippen molar-refractivity contribution in [2.75, 3.05) is 16.8 Å². The molecule has 4 heterocycles. The molecule has 0 radical (unpaired) electrons. The van der Waals surface area contributed by atoms with Gasteiger partial charge >= 0.3 is 0 Å². The highest BCUT2D eigenvalue weighted by molar-refractivity contribution is 5.95. The molecular weight excluding hydrogens is 627 g/mol. The van der Waals surface area contributed by atoms with Crippen molar-refractivity contribution in [1.29, 1.82) is 0 Å². The number of carbonyl (C=O) groups excluding carboxylic acids is 1. The molecule has 1 amide bonds. The first-order valence-electron chi connectivity index (χ1n) is 14.8. The molecule has 0 spiro atoms. The number of rotatable bonds is 4. The maximum absolute atomic E-state index is 12.6. The van der Waals surface area contributed by atoms with Gasteiger partial charge in [0.25, 0.3) is 0 Å². The molecule has 45 heavy (non-hydrogen) atoms.